The lowest BCUT2D eigenvalue weighted by Crippen LogP contribution is -2.52. The number of piperidine rings is 1. The highest BCUT2D eigenvalue weighted by Crippen LogP contribution is 2.41. The lowest BCUT2D eigenvalue weighted by atomic mass is 9.99. The molecule has 4 heterocycles. The Morgan fingerprint density at radius 3 is 2.31 bits per heavy atom. The van der Waals surface area contributed by atoms with Crippen LogP contribution < -0.4 is 30.5 Å². The van der Waals surface area contributed by atoms with E-state index in [9.17, 15) is 4.57 Å². The van der Waals surface area contributed by atoms with Crippen molar-refractivity contribution in [2.24, 2.45) is 0 Å². The predicted octanol–water partition coefficient (Wildman–Crippen LogP) is 6.28. The van der Waals surface area contributed by atoms with E-state index in [1.807, 2.05) is 37.2 Å². The maximum Gasteiger partial charge on any atom is 0.229 e. The Bertz CT molecular complexity index is 1870. The van der Waals surface area contributed by atoms with Crippen LogP contribution in [0.3, 0.4) is 0 Å². The van der Waals surface area contributed by atoms with Crippen LogP contribution in [-0.4, -0.2) is 117 Å². The number of aromatic nitrogens is 4. The van der Waals surface area contributed by atoms with Crippen molar-refractivity contribution in [2.75, 3.05) is 101 Å². The Balaban J connectivity index is 1.21. The second-order valence-corrected chi connectivity index (χ2v) is 18.0. The molecule has 0 aliphatic carbocycles. The molecule has 2 aromatic carbocycles. The van der Waals surface area contributed by atoms with Crippen molar-refractivity contribution in [1.29, 1.82) is 0 Å². The van der Waals surface area contributed by atoms with Gasteiger partial charge in [0.05, 0.1) is 41.0 Å². The largest absolute Gasteiger partial charge is 0.494 e. The molecule has 12 nitrogen and oxygen atoms in total. The molecule has 14 heteroatoms. The maximum atomic E-state index is 13.6. The molecular formula is C37H50BrN10O2P. The highest BCUT2D eigenvalue weighted by molar-refractivity contribution is 9.10. The van der Waals surface area contributed by atoms with Gasteiger partial charge in [0.2, 0.25) is 5.95 Å². The van der Waals surface area contributed by atoms with Gasteiger partial charge in [-0.25, -0.2) is 9.97 Å². The third kappa shape index (κ3) is 8.65. The lowest BCUT2D eigenvalue weighted by Gasteiger charge is -2.43. The van der Waals surface area contributed by atoms with E-state index < -0.39 is 7.14 Å². The van der Waals surface area contributed by atoms with Crippen molar-refractivity contribution in [3.63, 3.8) is 0 Å². The molecule has 4 aromatic rings. The molecule has 0 spiro atoms. The summed E-state index contributed by atoms with van der Waals surface area (Å²) in [6, 6.07) is 10.8. The van der Waals surface area contributed by atoms with Crippen LogP contribution in [0, 0.1) is 0 Å². The van der Waals surface area contributed by atoms with E-state index in [0.29, 0.717) is 39.0 Å². The number of ether oxygens (including phenoxy) is 1. The fourth-order valence-corrected chi connectivity index (χ4v) is 8.27. The molecule has 2 N–H and O–H groups in total. The molecule has 2 aliphatic rings. The summed E-state index contributed by atoms with van der Waals surface area (Å²) in [6.07, 6.45) is 8.40. The summed E-state index contributed by atoms with van der Waals surface area (Å²) >= 11 is 3.61. The van der Waals surface area contributed by atoms with Gasteiger partial charge >= 0.3 is 0 Å². The second-order valence-electron chi connectivity index (χ2n) is 14.0. The standard InChI is InChI=1S/C37H50BrN10O2P/c1-8-25-19-30(33(50-5)21-32(25)48-13-11-27(12-14-48)47-17-15-46(4)16-18-47)43-37-41-22-28(38)36(44-37)42-29-10-9-26(20-34(29)51(6,7)49)31-23-40-35(24-39-31)45(2)3/h9-10,19-24,27H,8,11-18H2,1-7H3,(H2,41,42,43,44). The average Bonchev–Trinajstić information content (AvgIpc) is 3.13. The third-order valence-corrected chi connectivity index (χ3v) is 12.0. The number of aryl methyl sites for hydroxylation is 1. The fourth-order valence-electron chi connectivity index (χ4n) is 6.82. The fraction of sp³-hybridized carbons (Fsp3) is 0.459. The Morgan fingerprint density at radius 2 is 1.69 bits per heavy atom. The smallest absolute Gasteiger partial charge is 0.229 e. The highest BCUT2D eigenvalue weighted by atomic mass is 79.9. The number of benzene rings is 2. The number of piperazine rings is 1. The van der Waals surface area contributed by atoms with Gasteiger partial charge in [-0.1, -0.05) is 13.0 Å². The lowest BCUT2D eigenvalue weighted by molar-refractivity contribution is 0.0982. The summed E-state index contributed by atoms with van der Waals surface area (Å²) in [4.78, 5) is 28.0. The number of halogens is 1. The number of hydrogen-bond donors (Lipinski definition) is 2. The van der Waals surface area contributed by atoms with E-state index in [4.69, 9.17) is 9.72 Å². The first-order chi connectivity index (χ1) is 24.4. The number of rotatable bonds is 11. The van der Waals surface area contributed by atoms with Crippen molar-refractivity contribution in [3.8, 4) is 17.0 Å². The molecular weight excluding hydrogens is 727 g/mol. The number of hydrogen-bond acceptors (Lipinski definition) is 12. The summed E-state index contributed by atoms with van der Waals surface area (Å²) in [6.45, 7) is 12.4. The van der Waals surface area contributed by atoms with E-state index in [-0.39, 0.29) is 0 Å². The van der Waals surface area contributed by atoms with Crippen LogP contribution in [0.5, 0.6) is 5.75 Å². The molecule has 51 heavy (non-hydrogen) atoms. The normalized spacial score (nSPS) is 16.3. The number of nitrogens with one attached hydrogen (secondary N) is 2. The number of nitrogens with zero attached hydrogens (tertiary/aromatic N) is 8. The van der Waals surface area contributed by atoms with Gasteiger partial charge in [-0.05, 0) is 79.3 Å². The first kappa shape index (κ1) is 37.0. The molecule has 0 atom stereocenters. The molecule has 0 saturated carbocycles. The van der Waals surface area contributed by atoms with Gasteiger partial charge in [0.15, 0.2) is 0 Å². The van der Waals surface area contributed by atoms with E-state index >= 15 is 0 Å². The minimum Gasteiger partial charge on any atom is -0.494 e. The average molecular weight is 778 g/mol. The summed E-state index contributed by atoms with van der Waals surface area (Å²) in [5.41, 5.74) is 5.52. The molecule has 2 saturated heterocycles. The highest BCUT2D eigenvalue weighted by Gasteiger charge is 2.28. The Hall–Kier alpha value is -3.77. The Morgan fingerprint density at radius 1 is 0.941 bits per heavy atom. The van der Waals surface area contributed by atoms with Gasteiger partial charge in [0, 0.05) is 88.2 Å². The first-order valence-electron chi connectivity index (χ1n) is 17.6. The van der Waals surface area contributed by atoms with Crippen LogP contribution in [0.4, 0.5) is 34.6 Å². The molecule has 272 valence electrons. The van der Waals surface area contributed by atoms with Crippen LogP contribution in [0.1, 0.15) is 25.3 Å². The van der Waals surface area contributed by atoms with Gasteiger partial charge in [0.1, 0.15) is 24.5 Å². The van der Waals surface area contributed by atoms with Crippen molar-refractivity contribution in [3.05, 3.63) is 59.0 Å². The van der Waals surface area contributed by atoms with Crippen LogP contribution >= 0.6 is 23.1 Å². The number of likely N-dealkylation sites (N-methyl/N-ethyl adjacent to an activating group) is 1. The van der Waals surface area contributed by atoms with Gasteiger partial charge in [0.25, 0.3) is 0 Å². The van der Waals surface area contributed by atoms with Gasteiger partial charge < -0.3 is 34.6 Å². The van der Waals surface area contributed by atoms with Crippen LogP contribution in [-0.2, 0) is 11.0 Å². The molecule has 0 bridgehead atoms. The van der Waals surface area contributed by atoms with Crippen molar-refractivity contribution in [1.82, 2.24) is 29.7 Å². The number of anilines is 6. The Labute approximate surface area is 310 Å². The molecule has 6 rings (SSSR count). The first-order valence-corrected chi connectivity index (χ1v) is 21.0. The minimum atomic E-state index is -2.71. The molecule has 2 aromatic heterocycles. The third-order valence-electron chi connectivity index (χ3n) is 9.85. The van der Waals surface area contributed by atoms with E-state index in [2.05, 4.69) is 82.3 Å². The van der Waals surface area contributed by atoms with Gasteiger partial charge in [-0.15, -0.1) is 0 Å². The van der Waals surface area contributed by atoms with Gasteiger partial charge in [-0.3, -0.25) is 9.88 Å². The van der Waals surface area contributed by atoms with Crippen LogP contribution in [0.25, 0.3) is 11.3 Å². The summed E-state index contributed by atoms with van der Waals surface area (Å²) < 4.78 is 20.1. The topological polar surface area (TPSA) is 115 Å². The molecule has 2 fully saturated rings. The van der Waals surface area contributed by atoms with Crippen molar-refractivity contribution in [2.45, 2.75) is 32.2 Å². The molecule has 0 amide bonds. The zero-order valence-corrected chi connectivity index (χ0v) is 33.3. The summed E-state index contributed by atoms with van der Waals surface area (Å²) in [5, 5.41) is 7.52. The molecule has 0 unspecified atom stereocenters. The number of methoxy groups -OCH3 is 1. The van der Waals surface area contributed by atoms with Crippen molar-refractivity contribution >= 4 is 63.0 Å². The van der Waals surface area contributed by atoms with Crippen LogP contribution in [0.15, 0.2) is 53.4 Å². The van der Waals surface area contributed by atoms with Crippen molar-refractivity contribution < 1.29 is 9.30 Å². The predicted molar refractivity (Wildman–Crippen MR) is 214 cm³/mol. The Kier molecular flexibility index (Phi) is 11.5. The SMILES string of the molecule is CCc1cc(Nc2ncc(Br)c(Nc3ccc(-c4cnc(N(C)C)cn4)cc3P(C)(C)=O)n2)c(OC)cc1N1CCC(N2CCN(C)CC2)CC1. The monoisotopic (exact) mass is 776 g/mol. The zero-order chi connectivity index (χ0) is 36.3. The summed E-state index contributed by atoms with van der Waals surface area (Å²) in [5.74, 6) is 2.46. The quantitative estimate of drug-likeness (QED) is 0.167. The second kappa shape index (κ2) is 15.9. The summed E-state index contributed by atoms with van der Waals surface area (Å²) in [7, 11) is 5.05. The van der Waals surface area contributed by atoms with Crippen LogP contribution in [0.2, 0.25) is 0 Å². The minimum absolute atomic E-state index is 0.410. The van der Waals surface area contributed by atoms with E-state index in [0.717, 1.165) is 55.4 Å². The van der Waals surface area contributed by atoms with E-state index in [1.165, 1.54) is 37.2 Å². The van der Waals surface area contributed by atoms with Gasteiger partial charge in [-0.2, -0.15) is 4.98 Å². The molecule has 0 radical (unpaired) electrons. The van der Waals surface area contributed by atoms with E-state index in [1.54, 1.807) is 39.0 Å². The molecule has 2 aliphatic heterocycles. The zero-order valence-electron chi connectivity index (χ0n) is 30.8. The maximum absolute atomic E-state index is 13.6.